The van der Waals surface area contributed by atoms with Crippen LogP contribution in [-0.4, -0.2) is 21.8 Å². The van der Waals surface area contributed by atoms with Crippen LogP contribution in [0, 0.1) is 20.2 Å². The van der Waals surface area contributed by atoms with Gasteiger partial charge in [0.25, 0.3) is 5.69 Å². The van der Waals surface area contributed by atoms with Crippen molar-refractivity contribution in [3.8, 4) is 0 Å². The summed E-state index contributed by atoms with van der Waals surface area (Å²) in [6.07, 6.45) is 1.22. The first-order chi connectivity index (χ1) is 10.9. The Kier molecular flexibility index (Phi) is 4.45. The first-order valence-corrected chi connectivity index (χ1v) is 6.21. The van der Waals surface area contributed by atoms with E-state index in [1.54, 1.807) is 0 Å². The maximum absolute atomic E-state index is 11.1. The van der Waals surface area contributed by atoms with Gasteiger partial charge in [0, 0.05) is 13.0 Å². The highest BCUT2D eigenvalue weighted by Crippen LogP contribution is 2.28. The highest BCUT2D eigenvalue weighted by atomic mass is 16.6. The van der Waals surface area contributed by atoms with E-state index in [0.29, 0.717) is 0 Å². The molecule has 1 N–H and O–H groups in total. The van der Waals surface area contributed by atoms with Gasteiger partial charge in [0.15, 0.2) is 11.5 Å². The van der Waals surface area contributed by atoms with Crippen molar-refractivity contribution in [2.24, 2.45) is 5.10 Å². The van der Waals surface area contributed by atoms with Gasteiger partial charge in [-0.3, -0.25) is 30.4 Å². The molecule has 0 aliphatic carbocycles. The Morgan fingerprint density at radius 2 is 1.96 bits per heavy atom. The fourth-order valence-electron chi connectivity index (χ4n) is 1.66. The number of ketones is 1. The van der Waals surface area contributed by atoms with E-state index < -0.39 is 21.2 Å². The van der Waals surface area contributed by atoms with Crippen LogP contribution in [0.1, 0.15) is 23.2 Å². The minimum absolute atomic E-state index is 0.0183. The van der Waals surface area contributed by atoms with E-state index in [4.69, 9.17) is 4.42 Å². The first-order valence-electron chi connectivity index (χ1n) is 6.21. The second kappa shape index (κ2) is 6.47. The Morgan fingerprint density at radius 1 is 1.22 bits per heavy atom. The molecule has 1 aromatic heterocycles. The van der Waals surface area contributed by atoms with Crippen LogP contribution >= 0.6 is 0 Å². The van der Waals surface area contributed by atoms with E-state index in [-0.39, 0.29) is 23.0 Å². The lowest BCUT2D eigenvalue weighted by Gasteiger charge is -2.01. The van der Waals surface area contributed by atoms with Crippen molar-refractivity contribution in [1.29, 1.82) is 0 Å². The van der Waals surface area contributed by atoms with Gasteiger partial charge in [-0.1, -0.05) is 0 Å². The molecule has 1 heterocycles. The van der Waals surface area contributed by atoms with Crippen LogP contribution in [0.4, 0.5) is 17.1 Å². The second-order valence-electron chi connectivity index (χ2n) is 4.34. The van der Waals surface area contributed by atoms with Crippen molar-refractivity contribution in [3.05, 3.63) is 62.1 Å². The zero-order valence-corrected chi connectivity index (χ0v) is 11.8. The Balaban J connectivity index is 2.18. The predicted octanol–water partition coefficient (Wildman–Crippen LogP) is 2.74. The lowest BCUT2D eigenvalue weighted by atomic mass is 10.2. The summed E-state index contributed by atoms with van der Waals surface area (Å²) < 4.78 is 5.15. The third-order valence-corrected chi connectivity index (χ3v) is 2.74. The third-order valence-electron chi connectivity index (χ3n) is 2.74. The molecule has 10 nitrogen and oxygen atoms in total. The van der Waals surface area contributed by atoms with Gasteiger partial charge in [-0.25, -0.2) is 0 Å². The number of carbonyl (C=O) groups excluding carboxylic acids is 1. The largest absolute Gasteiger partial charge is 0.452 e. The minimum atomic E-state index is -0.758. The molecule has 0 saturated carbocycles. The summed E-state index contributed by atoms with van der Waals surface area (Å²) in [5.74, 6) is 0.184. The fourth-order valence-corrected chi connectivity index (χ4v) is 1.66. The lowest BCUT2D eigenvalue weighted by molar-refractivity contribution is -0.393. The van der Waals surface area contributed by atoms with E-state index in [2.05, 4.69) is 10.5 Å². The fraction of sp³-hybridized carbons (Fsp3) is 0.0769. The molecule has 0 radical (unpaired) electrons. The number of nitrogens with one attached hydrogen (secondary N) is 1. The number of nitro groups is 2. The monoisotopic (exact) mass is 318 g/mol. The summed E-state index contributed by atoms with van der Waals surface area (Å²) in [4.78, 5) is 31.2. The van der Waals surface area contributed by atoms with E-state index >= 15 is 0 Å². The molecule has 0 aliphatic rings. The quantitative estimate of drug-likeness (QED) is 0.373. The van der Waals surface area contributed by atoms with E-state index in [1.165, 1.54) is 31.3 Å². The number of anilines is 1. The molecule has 0 aliphatic heterocycles. The number of hydrogen-bond acceptors (Lipinski definition) is 8. The third kappa shape index (κ3) is 3.75. The van der Waals surface area contributed by atoms with Gasteiger partial charge in [0.2, 0.25) is 0 Å². The maximum atomic E-state index is 11.1. The maximum Gasteiger partial charge on any atom is 0.301 e. The topological polar surface area (TPSA) is 141 Å². The molecule has 2 rings (SSSR count). The summed E-state index contributed by atoms with van der Waals surface area (Å²) in [6.45, 7) is 1.35. The molecular weight excluding hydrogens is 308 g/mol. The van der Waals surface area contributed by atoms with Gasteiger partial charge in [0.1, 0.15) is 11.4 Å². The van der Waals surface area contributed by atoms with E-state index in [0.717, 1.165) is 12.1 Å². The number of rotatable bonds is 6. The molecule has 0 fully saturated rings. The normalized spacial score (nSPS) is 10.7. The predicted molar refractivity (Wildman–Crippen MR) is 79.7 cm³/mol. The number of nitrogens with zero attached hydrogens (tertiary/aromatic N) is 3. The Labute approximate surface area is 128 Å². The highest BCUT2D eigenvalue weighted by Gasteiger charge is 2.19. The molecule has 118 valence electrons. The number of hydrazone groups is 1. The molecule has 10 heteroatoms. The number of Topliss-reactive ketones (excluding diaryl/α,β-unsaturated/α-hetero) is 1. The van der Waals surface area contributed by atoms with E-state index in [9.17, 15) is 25.0 Å². The molecule has 1 aromatic carbocycles. The molecule has 0 unspecified atom stereocenters. The van der Waals surface area contributed by atoms with Crippen molar-refractivity contribution in [2.75, 3.05) is 5.43 Å². The van der Waals surface area contributed by atoms with Crippen LogP contribution < -0.4 is 5.43 Å². The van der Waals surface area contributed by atoms with Crippen LogP contribution in [0.25, 0.3) is 0 Å². The summed E-state index contributed by atoms with van der Waals surface area (Å²) in [6, 6.07) is 6.10. The van der Waals surface area contributed by atoms with Crippen LogP contribution in [0.15, 0.2) is 39.9 Å². The van der Waals surface area contributed by atoms with Crippen LogP contribution in [-0.2, 0) is 0 Å². The summed E-state index contributed by atoms with van der Waals surface area (Å²) in [5, 5.41) is 25.3. The molecule has 0 spiro atoms. The molecular formula is C13H10N4O6. The minimum Gasteiger partial charge on any atom is -0.452 e. The number of hydrogen-bond donors (Lipinski definition) is 1. The van der Waals surface area contributed by atoms with Crippen molar-refractivity contribution < 1.29 is 19.1 Å². The summed E-state index contributed by atoms with van der Waals surface area (Å²) >= 11 is 0. The Morgan fingerprint density at radius 3 is 2.52 bits per heavy atom. The Hall–Kier alpha value is -3.56. The molecule has 2 aromatic rings. The van der Waals surface area contributed by atoms with Gasteiger partial charge in [-0.2, -0.15) is 5.10 Å². The van der Waals surface area contributed by atoms with Crippen molar-refractivity contribution in [3.63, 3.8) is 0 Å². The summed E-state index contributed by atoms with van der Waals surface area (Å²) in [5.41, 5.74) is 1.50. The number of non-ortho nitro benzene ring substituents is 1. The summed E-state index contributed by atoms with van der Waals surface area (Å²) in [7, 11) is 0. The number of nitro benzene ring substituents is 2. The van der Waals surface area contributed by atoms with Crippen LogP contribution in [0.5, 0.6) is 0 Å². The molecule has 0 atom stereocenters. The van der Waals surface area contributed by atoms with Gasteiger partial charge >= 0.3 is 5.69 Å². The number of benzene rings is 1. The Bertz CT molecular complexity index is 811. The number of carbonyl (C=O) groups is 1. The van der Waals surface area contributed by atoms with Gasteiger partial charge in [-0.15, -0.1) is 0 Å². The number of furan rings is 1. The molecule has 0 bridgehead atoms. The van der Waals surface area contributed by atoms with Crippen LogP contribution in [0.3, 0.4) is 0 Å². The highest BCUT2D eigenvalue weighted by molar-refractivity contribution is 5.92. The standard InChI is InChI=1S/C13H10N4O6/c1-8(18)13-5-3-10(23-13)7-14-15-11-4-2-9(16(19)20)6-12(11)17(21)22/h2-7,15H,1H3. The first kappa shape index (κ1) is 15.8. The van der Waals surface area contributed by atoms with Crippen molar-refractivity contribution in [2.45, 2.75) is 6.92 Å². The second-order valence-corrected chi connectivity index (χ2v) is 4.34. The van der Waals surface area contributed by atoms with Gasteiger partial charge in [0.05, 0.1) is 22.1 Å². The SMILES string of the molecule is CC(=O)c1ccc(C=NNc2ccc([N+](=O)[O-])cc2[N+](=O)[O-])o1. The lowest BCUT2D eigenvalue weighted by Crippen LogP contribution is -1.98. The zero-order valence-electron chi connectivity index (χ0n) is 11.8. The van der Waals surface area contributed by atoms with Crippen molar-refractivity contribution in [1.82, 2.24) is 0 Å². The van der Waals surface area contributed by atoms with Gasteiger partial charge < -0.3 is 4.42 Å². The molecule has 0 amide bonds. The average molecular weight is 318 g/mol. The molecule has 23 heavy (non-hydrogen) atoms. The smallest absolute Gasteiger partial charge is 0.301 e. The van der Waals surface area contributed by atoms with Crippen LogP contribution in [0.2, 0.25) is 0 Å². The average Bonchev–Trinajstić information content (AvgIpc) is 2.96. The zero-order chi connectivity index (χ0) is 17.0. The molecule has 0 saturated heterocycles. The van der Waals surface area contributed by atoms with Crippen molar-refractivity contribution >= 4 is 29.1 Å². The van der Waals surface area contributed by atoms with E-state index in [1.807, 2.05) is 0 Å². The van der Waals surface area contributed by atoms with Gasteiger partial charge in [-0.05, 0) is 18.2 Å².